The zero-order chi connectivity index (χ0) is 18.7. The molecule has 0 saturated carbocycles. The first-order chi connectivity index (χ1) is 12.5. The van der Waals surface area contributed by atoms with Crippen molar-refractivity contribution in [2.24, 2.45) is 0 Å². The van der Waals surface area contributed by atoms with Crippen molar-refractivity contribution in [2.75, 3.05) is 32.7 Å². The predicted octanol–water partition coefficient (Wildman–Crippen LogP) is 0.138. The summed E-state index contributed by atoms with van der Waals surface area (Å²) in [6, 6.07) is 0. The minimum atomic E-state index is -0.0142. The standard InChI is InChI=1S/C17H25N7O2/c1-13-17(15(3)25)14(2)24(20-13)10-16(26)22-7-4-21(5-8-22)6-9-23-12-18-11-19-23/h11-12H,4-10H2,1-3H3. The smallest absolute Gasteiger partial charge is 0.244 e. The molecule has 9 heteroatoms. The summed E-state index contributed by atoms with van der Waals surface area (Å²) >= 11 is 0. The minimum Gasteiger partial charge on any atom is -0.339 e. The van der Waals surface area contributed by atoms with Crippen molar-refractivity contribution >= 4 is 11.7 Å². The quantitative estimate of drug-likeness (QED) is 0.682. The van der Waals surface area contributed by atoms with Gasteiger partial charge in [0.1, 0.15) is 19.2 Å². The Balaban J connectivity index is 1.51. The number of carbonyl (C=O) groups excluding carboxylic acids is 2. The van der Waals surface area contributed by atoms with E-state index in [0.717, 1.165) is 31.9 Å². The molecule has 0 radical (unpaired) electrons. The zero-order valence-corrected chi connectivity index (χ0v) is 15.6. The van der Waals surface area contributed by atoms with E-state index in [2.05, 4.69) is 20.1 Å². The highest BCUT2D eigenvalue weighted by Crippen LogP contribution is 2.14. The maximum absolute atomic E-state index is 12.6. The Kier molecular flexibility index (Phi) is 5.46. The van der Waals surface area contributed by atoms with Gasteiger partial charge in [-0.3, -0.25) is 23.9 Å². The summed E-state index contributed by atoms with van der Waals surface area (Å²) in [6.45, 7) is 10.1. The number of hydrogen-bond acceptors (Lipinski definition) is 6. The molecule has 0 aromatic carbocycles. The van der Waals surface area contributed by atoms with Crippen molar-refractivity contribution in [3.63, 3.8) is 0 Å². The van der Waals surface area contributed by atoms with Crippen molar-refractivity contribution in [1.82, 2.24) is 34.3 Å². The highest BCUT2D eigenvalue weighted by atomic mass is 16.2. The second-order valence-electron chi connectivity index (χ2n) is 6.64. The van der Waals surface area contributed by atoms with Crippen LogP contribution < -0.4 is 0 Å². The van der Waals surface area contributed by atoms with Gasteiger partial charge in [0.25, 0.3) is 0 Å². The summed E-state index contributed by atoms with van der Waals surface area (Å²) in [5.41, 5.74) is 2.06. The summed E-state index contributed by atoms with van der Waals surface area (Å²) in [5, 5.41) is 8.46. The highest BCUT2D eigenvalue weighted by Gasteiger charge is 2.23. The molecule has 0 spiro atoms. The molecule has 1 amide bonds. The van der Waals surface area contributed by atoms with E-state index in [1.165, 1.54) is 13.3 Å². The van der Waals surface area contributed by atoms with Crippen molar-refractivity contribution < 1.29 is 9.59 Å². The van der Waals surface area contributed by atoms with Crippen molar-refractivity contribution in [3.8, 4) is 0 Å². The maximum atomic E-state index is 12.6. The molecule has 1 fully saturated rings. The van der Waals surface area contributed by atoms with E-state index in [1.807, 2.05) is 16.5 Å². The molecule has 0 atom stereocenters. The van der Waals surface area contributed by atoms with E-state index in [-0.39, 0.29) is 18.2 Å². The van der Waals surface area contributed by atoms with E-state index >= 15 is 0 Å². The molecular formula is C17H25N7O2. The molecule has 0 N–H and O–H groups in total. The monoisotopic (exact) mass is 359 g/mol. The fourth-order valence-corrected chi connectivity index (χ4v) is 3.40. The van der Waals surface area contributed by atoms with E-state index in [0.29, 0.717) is 24.3 Å². The van der Waals surface area contributed by atoms with Crippen LogP contribution in [-0.2, 0) is 17.9 Å². The summed E-state index contributed by atoms with van der Waals surface area (Å²) < 4.78 is 3.46. The number of aryl methyl sites for hydroxylation is 1. The minimum absolute atomic E-state index is 0.0142. The van der Waals surface area contributed by atoms with Crippen LogP contribution in [0.1, 0.15) is 28.7 Å². The Morgan fingerprint density at radius 2 is 1.85 bits per heavy atom. The van der Waals surface area contributed by atoms with Gasteiger partial charge in [-0.25, -0.2) is 4.98 Å². The van der Waals surface area contributed by atoms with E-state index in [4.69, 9.17) is 0 Å². The molecule has 26 heavy (non-hydrogen) atoms. The number of nitrogens with zero attached hydrogens (tertiary/aromatic N) is 7. The predicted molar refractivity (Wildman–Crippen MR) is 94.7 cm³/mol. The first-order valence-corrected chi connectivity index (χ1v) is 8.83. The SMILES string of the molecule is CC(=O)c1c(C)nn(CC(=O)N2CCN(CCn3cncn3)CC2)c1C. The van der Waals surface area contributed by atoms with Gasteiger partial charge >= 0.3 is 0 Å². The molecule has 2 aromatic heterocycles. The van der Waals surface area contributed by atoms with Crippen molar-refractivity contribution in [3.05, 3.63) is 29.6 Å². The Labute approximate surface area is 152 Å². The Bertz CT molecular complexity index is 773. The van der Waals surface area contributed by atoms with Crippen LogP contribution in [0.4, 0.5) is 0 Å². The van der Waals surface area contributed by atoms with E-state index < -0.39 is 0 Å². The lowest BCUT2D eigenvalue weighted by Crippen LogP contribution is -2.50. The molecular weight excluding hydrogens is 334 g/mol. The van der Waals surface area contributed by atoms with E-state index in [9.17, 15) is 9.59 Å². The second kappa shape index (κ2) is 7.77. The van der Waals surface area contributed by atoms with Crippen LogP contribution in [0, 0.1) is 13.8 Å². The molecule has 140 valence electrons. The number of hydrogen-bond donors (Lipinski definition) is 0. The number of amides is 1. The molecule has 1 saturated heterocycles. The van der Waals surface area contributed by atoms with Crippen LogP contribution >= 0.6 is 0 Å². The van der Waals surface area contributed by atoms with Crippen molar-refractivity contribution in [2.45, 2.75) is 33.9 Å². The highest BCUT2D eigenvalue weighted by molar-refractivity contribution is 5.96. The maximum Gasteiger partial charge on any atom is 0.244 e. The van der Waals surface area contributed by atoms with Gasteiger partial charge in [0.15, 0.2) is 5.78 Å². The van der Waals surface area contributed by atoms with Gasteiger partial charge in [-0.1, -0.05) is 0 Å². The zero-order valence-electron chi connectivity index (χ0n) is 15.6. The van der Waals surface area contributed by atoms with Crippen LogP contribution in [0.25, 0.3) is 0 Å². The molecule has 1 aliphatic heterocycles. The van der Waals surface area contributed by atoms with Gasteiger partial charge in [0.05, 0.1) is 17.8 Å². The lowest BCUT2D eigenvalue weighted by Gasteiger charge is -2.34. The van der Waals surface area contributed by atoms with E-state index in [1.54, 1.807) is 17.9 Å². The average molecular weight is 359 g/mol. The first kappa shape index (κ1) is 18.2. The number of Topliss-reactive ketones (excluding diaryl/α,β-unsaturated/α-hetero) is 1. The Morgan fingerprint density at radius 1 is 1.12 bits per heavy atom. The first-order valence-electron chi connectivity index (χ1n) is 8.83. The number of ketones is 1. The second-order valence-corrected chi connectivity index (χ2v) is 6.64. The molecule has 2 aromatic rings. The number of aromatic nitrogens is 5. The summed E-state index contributed by atoms with van der Waals surface area (Å²) in [5.74, 6) is 0.0290. The Hall–Kier alpha value is -2.55. The topological polar surface area (TPSA) is 89.2 Å². The van der Waals surface area contributed by atoms with Gasteiger partial charge in [-0.2, -0.15) is 10.2 Å². The van der Waals surface area contributed by atoms with Crippen molar-refractivity contribution in [1.29, 1.82) is 0 Å². The van der Waals surface area contributed by atoms with Crippen LogP contribution in [0.5, 0.6) is 0 Å². The molecule has 0 bridgehead atoms. The van der Waals surface area contributed by atoms with Crippen LogP contribution in [0.15, 0.2) is 12.7 Å². The molecule has 1 aliphatic rings. The lowest BCUT2D eigenvalue weighted by molar-refractivity contribution is -0.133. The third-order valence-corrected chi connectivity index (χ3v) is 4.86. The molecule has 9 nitrogen and oxygen atoms in total. The van der Waals surface area contributed by atoms with Gasteiger partial charge in [0, 0.05) is 38.4 Å². The fourth-order valence-electron chi connectivity index (χ4n) is 3.40. The molecule has 3 heterocycles. The third-order valence-electron chi connectivity index (χ3n) is 4.86. The van der Waals surface area contributed by atoms with Gasteiger partial charge < -0.3 is 4.90 Å². The van der Waals surface area contributed by atoms with Crippen LogP contribution in [-0.4, -0.2) is 78.8 Å². The van der Waals surface area contributed by atoms with Gasteiger partial charge in [-0.15, -0.1) is 0 Å². The van der Waals surface area contributed by atoms with Gasteiger partial charge in [-0.05, 0) is 20.8 Å². The lowest BCUT2D eigenvalue weighted by atomic mass is 10.1. The molecule has 0 aliphatic carbocycles. The van der Waals surface area contributed by atoms with Gasteiger partial charge in [0.2, 0.25) is 5.91 Å². The molecule has 0 unspecified atom stereocenters. The molecule has 3 rings (SSSR count). The average Bonchev–Trinajstić information content (AvgIpc) is 3.21. The Morgan fingerprint density at radius 3 is 2.42 bits per heavy atom. The van der Waals surface area contributed by atoms with Crippen LogP contribution in [0.3, 0.4) is 0 Å². The summed E-state index contributed by atoms with van der Waals surface area (Å²) in [4.78, 5) is 32.4. The summed E-state index contributed by atoms with van der Waals surface area (Å²) in [7, 11) is 0. The number of piperazine rings is 1. The fraction of sp³-hybridized carbons (Fsp3) is 0.588. The largest absolute Gasteiger partial charge is 0.339 e. The van der Waals surface area contributed by atoms with Crippen LogP contribution in [0.2, 0.25) is 0 Å². The number of rotatable bonds is 6. The summed E-state index contributed by atoms with van der Waals surface area (Å²) in [6.07, 6.45) is 3.25. The normalized spacial score (nSPS) is 15.4. The number of carbonyl (C=O) groups is 2. The third kappa shape index (κ3) is 3.98.